The zero-order valence-electron chi connectivity index (χ0n) is 17.3. The SMILES string of the molecule is Fc1cccc(-c2ccc(/C=C/[C@H]3[C@@H]4C[C@@H]5OCO[C@@H]5C[C@H]4CC34OCCO4)nc2)c1. The van der Waals surface area contributed by atoms with E-state index in [9.17, 15) is 4.39 Å². The van der Waals surface area contributed by atoms with Gasteiger partial charge < -0.3 is 18.9 Å². The van der Waals surface area contributed by atoms with Crippen LogP contribution in [0, 0.1) is 23.6 Å². The molecule has 2 aliphatic carbocycles. The summed E-state index contributed by atoms with van der Waals surface area (Å²) in [6, 6.07) is 10.5. The maximum Gasteiger partial charge on any atom is 0.175 e. The number of aromatic nitrogens is 1. The van der Waals surface area contributed by atoms with Crippen molar-refractivity contribution in [2.75, 3.05) is 20.0 Å². The summed E-state index contributed by atoms with van der Waals surface area (Å²) in [6.45, 7) is 1.70. The van der Waals surface area contributed by atoms with Crippen LogP contribution >= 0.6 is 0 Å². The molecule has 0 amide bonds. The van der Waals surface area contributed by atoms with E-state index < -0.39 is 5.79 Å². The molecule has 1 spiro atoms. The lowest BCUT2D eigenvalue weighted by Gasteiger charge is -2.35. The van der Waals surface area contributed by atoms with Gasteiger partial charge in [-0.2, -0.15) is 0 Å². The lowest BCUT2D eigenvalue weighted by molar-refractivity contribution is -0.175. The minimum absolute atomic E-state index is 0.162. The quantitative estimate of drug-likeness (QED) is 0.731. The molecule has 2 aromatic rings. The van der Waals surface area contributed by atoms with Crippen molar-refractivity contribution in [3.05, 3.63) is 60.2 Å². The van der Waals surface area contributed by atoms with Crippen LogP contribution in [0.2, 0.25) is 0 Å². The van der Waals surface area contributed by atoms with Crippen molar-refractivity contribution in [2.45, 2.75) is 37.3 Å². The molecular weight excluding hydrogens is 397 g/mol. The van der Waals surface area contributed by atoms with Gasteiger partial charge in [-0.05, 0) is 54.5 Å². The van der Waals surface area contributed by atoms with Crippen molar-refractivity contribution < 1.29 is 23.3 Å². The summed E-state index contributed by atoms with van der Waals surface area (Å²) in [5.74, 6) is 0.342. The standard InChI is InChI=1S/C25H26FNO4/c26-19-3-1-2-16(10-19)17-4-5-20(27-14-17)6-7-22-21-12-24-23(28-15-29-24)11-18(21)13-25(22)30-8-9-31-25/h1-7,10,14,18,21-24H,8-9,11-13,15H2/b7-6+/t18-,21+,22-,23+,24-/m0/s1. The molecule has 5 atom stereocenters. The summed E-state index contributed by atoms with van der Waals surface area (Å²) in [4.78, 5) is 4.58. The Morgan fingerprint density at radius 3 is 2.61 bits per heavy atom. The molecule has 2 aliphatic heterocycles. The van der Waals surface area contributed by atoms with Crippen molar-refractivity contribution in [2.24, 2.45) is 17.8 Å². The first-order chi connectivity index (χ1) is 15.2. The normalized spacial score (nSPS) is 33.8. The van der Waals surface area contributed by atoms with E-state index in [1.807, 2.05) is 18.2 Å². The van der Waals surface area contributed by atoms with Crippen LogP contribution in [0.4, 0.5) is 4.39 Å². The van der Waals surface area contributed by atoms with Gasteiger partial charge in [0, 0.05) is 24.1 Å². The molecule has 2 saturated carbocycles. The molecular formula is C25H26FNO4. The van der Waals surface area contributed by atoms with Gasteiger partial charge >= 0.3 is 0 Å². The summed E-state index contributed by atoms with van der Waals surface area (Å²) in [6.07, 6.45) is 9.35. The Morgan fingerprint density at radius 1 is 1.00 bits per heavy atom. The van der Waals surface area contributed by atoms with Gasteiger partial charge in [-0.25, -0.2) is 4.39 Å². The van der Waals surface area contributed by atoms with Gasteiger partial charge in [0.1, 0.15) is 12.6 Å². The Bertz CT molecular complexity index is 972. The Labute approximate surface area is 181 Å². The molecule has 5 nitrogen and oxygen atoms in total. The Morgan fingerprint density at radius 2 is 1.84 bits per heavy atom. The van der Waals surface area contributed by atoms with Crippen molar-refractivity contribution in [3.8, 4) is 11.1 Å². The summed E-state index contributed by atoms with van der Waals surface area (Å²) >= 11 is 0. The molecule has 2 saturated heterocycles. The number of pyridine rings is 1. The fraction of sp³-hybridized carbons (Fsp3) is 0.480. The summed E-state index contributed by atoms with van der Waals surface area (Å²) in [7, 11) is 0. The topological polar surface area (TPSA) is 49.8 Å². The number of halogens is 1. The average Bonchev–Trinajstić information content (AvgIpc) is 3.50. The summed E-state index contributed by atoms with van der Waals surface area (Å²) < 4.78 is 37.5. The van der Waals surface area contributed by atoms with Crippen LogP contribution in [-0.4, -0.2) is 43.0 Å². The van der Waals surface area contributed by atoms with E-state index in [4.69, 9.17) is 18.9 Å². The van der Waals surface area contributed by atoms with E-state index in [0.29, 0.717) is 31.8 Å². The van der Waals surface area contributed by atoms with E-state index in [1.54, 1.807) is 12.3 Å². The molecule has 4 aliphatic rings. The number of hydrogen-bond donors (Lipinski definition) is 0. The first kappa shape index (κ1) is 19.6. The summed E-state index contributed by atoms with van der Waals surface area (Å²) in [5, 5.41) is 0. The van der Waals surface area contributed by atoms with Crippen LogP contribution in [0.3, 0.4) is 0 Å². The maximum atomic E-state index is 13.5. The highest BCUT2D eigenvalue weighted by molar-refractivity contribution is 5.63. The number of ether oxygens (including phenoxy) is 4. The molecule has 0 bridgehead atoms. The second kappa shape index (κ2) is 7.78. The first-order valence-corrected chi connectivity index (χ1v) is 11.1. The monoisotopic (exact) mass is 423 g/mol. The largest absolute Gasteiger partial charge is 0.349 e. The van der Waals surface area contributed by atoms with Crippen molar-refractivity contribution in [3.63, 3.8) is 0 Å². The molecule has 0 radical (unpaired) electrons. The number of hydrogen-bond acceptors (Lipinski definition) is 5. The fourth-order valence-electron chi connectivity index (χ4n) is 5.92. The number of nitrogens with zero attached hydrogens (tertiary/aromatic N) is 1. The lowest BCUT2D eigenvalue weighted by atomic mass is 9.75. The van der Waals surface area contributed by atoms with Gasteiger partial charge in [-0.1, -0.05) is 24.3 Å². The number of benzene rings is 1. The fourth-order valence-corrected chi connectivity index (χ4v) is 5.92. The zero-order valence-corrected chi connectivity index (χ0v) is 17.3. The molecule has 6 rings (SSSR count). The maximum absolute atomic E-state index is 13.5. The van der Waals surface area contributed by atoms with Crippen LogP contribution in [-0.2, 0) is 18.9 Å². The Balaban J connectivity index is 1.24. The first-order valence-electron chi connectivity index (χ1n) is 11.1. The molecule has 0 N–H and O–H groups in total. The van der Waals surface area contributed by atoms with Crippen LogP contribution in [0.15, 0.2) is 48.7 Å². The minimum atomic E-state index is -0.536. The van der Waals surface area contributed by atoms with Crippen LogP contribution < -0.4 is 0 Å². The Kier molecular flexibility index (Phi) is 4.91. The van der Waals surface area contributed by atoms with Gasteiger partial charge in [-0.3, -0.25) is 4.98 Å². The van der Waals surface area contributed by atoms with Gasteiger partial charge in [0.15, 0.2) is 5.79 Å². The van der Waals surface area contributed by atoms with E-state index in [1.165, 1.54) is 12.1 Å². The third kappa shape index (κ3) is 3.52. The average molecular weight is 423 g/mol. The van der Waals surface area contributed by atoms with Crippen LogP contribution in [0.25, 0.3) is 17.2 Å². The second-order valence-electron chi connectivity index (χ2n) is 9.00. The Hall–Kier alpha value is -2.12. The second-order valence-corrected chi connectivity index (χ2v) is 9.00. The molecule has 3 heterocycles. The van der Waals surface area contributed by atoms with Crippen LogP contribution in [0.1, 0.15) is 25.0 Å². The predicted molar refractivity (Wildman–Crippen MR) is 112 cm³/mol. The lowest BCUT2D eigenvalue weighted by Crippen LogP contribution is -2.38. The number of fused-ring (bicyclic) bond motifs is 2. The highest BCUT2D eigenvalue weighted by Gasteiger charge is 2.59. The van der Waals surface area contributed by atoms with Gasteiger partial charge in [0.05, 0.1) is 31.1 Å². The predicted octanol–water partition coefficient (Wildman–Crippen LogP) is 4.43. The summed E-state index contributed by atoms with van der Waals surface area (Å²) in [5.41, 5.74) is 2.59. The minimum Gasteiger partial charge on any atom is -0.349 e. The van der Waals surface area contributed by atoms with Gasteiger partial charge in [0.2, 0.25) is 0 Å². The highest BCUT2D eigenvalue weighted by Crippen LogP contribution is 2.56. The molecule has 31 heavy (non-hydrogen) atoms. The molecule has 1 aromatic carbocycles. The van der Waals surface area contributed by atoms with Crippen molar-refractivity contribution in [1.29, 1.82) is 0 Å². The van der Waals surface area contributed by atoms with Crippen molar-refractivity contribution in [1.82, 2.24) is 4.98 Å². The molecule has 4 fully saturated rings. The van der Waals surface area contributed by atoms with Crippen molar-refractivity contribution >= 4 is 6.08 Å². The third-order valence-corrected chi connectivity index (χ3v) is 7.33. The van der Waals surface area contributed by atoms with E-state index >= 15 is 0 Å². The smallest absolute Gasteiger partial charge is 0.175 e. The number of rotatable bonds is 3. The van der Waals surface area contributed by atoms with Crippen LogP contribution in [0.5, 0.6) is 0 Å². The molecule has 162 valence electrons. The highest BCUT2D eigenvalue weighted by atomic mass is 19.1. The molecule has 6 heteroatoms. The molecule has 0 unspecified atom stereocenters. The van der Waals surface area contributed by atoms with E-state index in [-0.39, 0.29) is 23.9 Å². The zero-order chi connectivity index (χ0) is 20.8. The van der Waals surface area contributed by atoms with E-state index in [2.05, 4.69) is 17.1 Å². The third-order valence-electron chi connectivity index (χ3n) is 7.33. The molecule has 1 aromatic heterocycles. The van der Waals surface area contributed by atoms with E-state index in [0.717, 1.165) is 36.1 Å². The van der Waals surface area contributed by atoms with Gasteiger partial charge in [-0.15, -0.1) is 0 Å². The van der Waals surface area contributed by atoms with Gasteiger partial charge in [0.25, 0.3) is 0 Å².